The molecule has 1 aliphatic heterocycles. The van der Waals surface area contributed by atoms with Gasteiger partial charge in [-0.1, -0.05) is 12.8 Å². The predicted octanol–water partition coefficient (Wildman–Crippen LogP) is 1.28. The van der Waals surface area contributed by atoms with E-state index in [-0.39, 0.29) is 24.0 Å². The van der Waals surface area contributed by atoms with Crippen molar-refractivity contribution in [2.75, 3.05) is 24.5 Å². The fourth-order valence-electron chi connectivity index (χ4n) is 3.07. The Hall–Kier alpha value is -2.26. The van der Waals surface area contributed by atoms with Gasteiger partial charge < -0.3 is 15.0 Å². The lowest BCUT2D eigenvalue weighted by molar-refractivity contribution is -0.129. The molecule has 1 fully saturated rings. The van der Waals surface area contributed by atoms with Gasteiger partial charge >= 0.3 is 0 Å². The van der Waals surface area contributed by atoms with Crippen LogP contribution in [0.25, 0.3) is 0 Å². The number of morpholine rings is 1. The number of hydroxylamine groups is 1. The van der Waals surface area contributed by atoms with Gasteiger partial charge in [-0.05, 0) is 26.7 Å². The lowest BCUT2D eigenvalue weighted by Crippen LogP contribution is -2.46. The number of anilines is 1. The molecule has 2 heterocycles. The summed E-state index contributed by atoms with van der Waals surface area (Å²) in [4.78, 5) is 33.7. The Labute approximate surface area is 159 Å². The molecule has 9 heteroatoms. The molecule has 2 atom stereocenters. The van der Waals surface area contributed by atoms with Gasteiger partial charge in [-0.2, -0.15) is 0 Å². The van der Waals surface area contributed by atoms with Gasteiger partial charge in [0, 0.05) is 38.4 Å². The van der Waals surface area contributed by atoms with Crippen LogP contribution >= 0.6 is 0 Å². The third kappa shape index (κ3) is 7.10. The van der Waals surface area contributed by atoms with Crippen molar-refractivity contribution in [1.29, 1.82) is 0 Å². The zero-order valence-electron chi connectivity index (χ0n) is 16.0. The van der Waals surface area contributed by atoms with Crippen LogP contribution in [0.1, 0.15) is 56.3 Å². The SMILES string of the molecule is C[C@@H]1CN(c2ncc(C(=O)NCCCCCCC(=O)NO)cn2)C[C@H](C)O1. The Morgan fingerprint density at radius 1 is 1.15 bits per heavy atom. The first kappa shape index (κ1) is 21.0. The zero-order chi connectivity index (χ0) is 19.6. The standard InChI is InChI=1S/C18H29N5O4/c1-13-11-23(12-14(2)27-13)18-20-9-15(10-21-18)17(25)19-8-6-4-3-5-7-16(24)22-26/h9-10,13-14,26H,3-8,11-12H2,1-2H3,(H,19,25)(H,22,24)/t13-,14+. The second-order valence-electron chi connectivity index (χ2n) is 6.89. The summed E-state index contributed by atoms with van der Waals surface area (Å²) in [6.07, 6.45) is 6.98. The summed E-state index contributed by atoms with van der Waals surface area (Å²) in [6, 6.07) is 0. The van der Waals surface area contributed by atoms with Gasteiger partial charge in [0.25, 0.3) is 5.91 Å². The molecule has 0 aromatic carbocycles. The molecular weight excluding hydrogens is 350 g/mol. The van der Waals surface area contributed by atoms with Crippen LogP contribution < -0.4 is 15.7 Å². The summed E-state index contributed by atoms with van der Waals surface area (Å²) in [5.41, 5.74) is 2.05. The van der Waals surface area contributed by atoms with Gasteiger partial charge in [0.1, 0.15) is 0 Å². The van der Waals surface area contributed by atoms with Crippen LogP contribution in [0.2, 0.25) is 0 Å². The van der Waals surface area contributed by atoms with E-state index in [1.807, 2.05) is 13.8 Å². The first-order valence-corrected chi connectivity index (χ1v) is 9.43. The van der Waals surface area contributed by atoms with Crippen molar-refractivity contribution >= 4 is 17.8 Å². The van der Waals surface area contributed by atoms with Crippen molar-refractivity contribution in [3.63, 3.8) is 0 Å². The predicted molar refractivity (Wildman–Crippen MR) is 99.6 cm³/mol. The van der Waals surface area contributed by atoms with E-state index in [1.165, 1.54) is 0 Å². The average Bonchev–Trinajstić information content (AvgIpc) is 2.66. The molecule has 9 nitrogen and oxygen atoms in total. The molecule has 0 spiro atoms. The monoisotopic (exact) mass is 379 g/mol. The van der Waals surface area contributed by atoms with E-state index in [1.54, 1.807) is 17.9 Å². The summed E-state index contributed by atoms with van der Waals surface area (Å²) in [5.74, 6) is 0.0538. The van der Waals surface area contributed by atoms with Gasteiger partial charge in [0.05, 0.1) is 17.8 Å². The van der Waals surface area contributed by atoms with E-state index in [4.69, 9.17) is 9.94 Å². The summed E-state index contributed by atoms with van der Waals surface area (Å²) >= 11 is 0. The van der Waals surface area contributed by atoms with Gasteiger partial charge in [-0.25, -0.2) is 15.4 Å². The molecule has 1 aromatic heterocycles. The maximum atomic E-state index is 12.1. The number of rotatable bonds is 9. The normalized spacial score (nSPS) is 19.6. The van der Waals surface area contributed by atoms with Crippen LogP contribution in [0, 0.1) is 0 Å². The number of aromatic nitrogens is 2. The third-order valence-corrected chi connectivity index (χ3v) is 4.34. The van der Waals surface area contributed by atoms with E-state index < -0.39 is 0 Å². The quantitative estimate of drug-likeness (QED) is 0.336. The van der Waals surface area contributed by atoms with Gasteiger partial charge in [0.2, 0.25) is 11.9 Å². The maximum Gasteiger partial charge on any atom is 0.254 e. The number of amides is 2. The number of unbranched alkanes of at least 4 members (excludes halogenated alkanes) is 3. The lowest BCUT2D eigenvalue weighted by atomic mass is 10.1. The number of hydrogen-bond acceptors (Lipinski definition) is 7. The van der Waals surface area contributed by atoms with Crippen LogP contribution in [-0.2, 0) is 9.53 Å². The molecule has 0 bridgehead atoms. The van der Waals surface area contributed by atoms with E-state index in [2.05, 4.69) is 20.2 Å². The molecule has 0 saturated carbocycles. The first-order chi connectivity index (χ1) is 13.0. The fraction of sp³-hybridized carbons (Fsp3) is 0.667. The fourth-order valence-corrected chi connectivity index (χ4v) is 3.07. The molecule has 27 heavy (non-hydrogen) atoms. The first-order valence-electron chi connectivity index (χ1n) is 9.43. The molecule has 1 aromatic rings. The van der Waals surface area contributed by atoms with Crippen LogP contribution in [0.15, 0.2) is 12.4 Å². The highest BCUT2D eigenvalue weighted by Crippen LogP contribution is 2.16. The minimum Gasteiger partial charge on any atom is -0.372 e. The van der Waals surface area contributed by atoms with E-state index in [9.17, 15) is 9.59 Å². The molecule has 0 radical (unpaired) electrons. The van der Waals surface area contributed by atoms with Gasteiger partial charge in [0.15, 0.2) is 0 Å². The molecule has 2 amide bonds. The second kappa shape index (κ2) is 10.8. The number of carbonyl (C=O) groups is 2. The van der Waals surface area contributed by atoms with Crippen molar-refractivity contribution in [2.45, 2.75) is 58.2 Å². The van der Waals surface area contributed by atoms with Crippen molar-refractivity contribution < 1.29 is 19.5 Å². The largest absolute Gasteiger partial charge is 0.372 e. The molecule has 1 saturated heterocycles. The summed E-state index contributed by atoms with van der Waals surface area (Å²) in [5, 5.41) is 11.2. The maximum absolute atomic E-state index is 12.1. The molecule has 2 rings (SSSR count). The minimum absolute atomic E-state index is 0.123. The molecule has 0 aliphatic carbocycles. The topological polar surface area (TPSA) is 117 Å². The average molecular weight is 379 g/mol. The highest BCUT2D eigenvalue weighted by Gasteiger charge is 2.24. The lowest BCUT2D eigenvalue weighted by Gasteiger charge is -2.35. The highest BCUT2D eigenvalue weighted by molar-refractivity contribution is 5.93. The van der Waals surface area contributed by atoms with Crippen molar-refractivity contribution in [3.8, 4) is 0 Å². The Morgan fingerprint density at radius 3 is 2.41 bits per heavy atom. The number of hydrogen-bond donors (Lipinski definition) is 3. The van der Waals surface area contributed by atoms with Crippen LogP contribution in [-0.4, -0.2) is 58.8 Å². The van der Waals surface area contributed by atoms with E-state index >= 15 is 0 Å². The Morgan fingerprint density at radius 2 is 1.78 bits per heavy atom. The zero-order valence-corrected chi connectivity index (χ0v) is 16.0. The molecule has 150 valence electrons. The third-order valence-electron chi connectivity index (χ3n) is 4.34. The Bertz CT molecular complexity index is 600. The number of nitrogens with one attached hydrogen (secondary N) is 2. The molecule has 0 unspecified atom stereocenters. The Balaban J connectivity index is 1.68. The van der Waals surface area contributed by atoms with Crippen molar-refractivity contribution in [3.05, 3.63) is 18.0 Å². The van der Waals surface area contributed by atoms with Crippen LogP contribution in [0.5, 0.6) is 0 Å². The number of ether oxygens (including phenoxy) is 1. The van der Waals surface area contributed by atoms with Gasteiger partial charge in [-0.15, -0.1) is 0 Å². The van der Waals surface area contributed by atoms with E-state index in [0.29, 0.717) is 30.9 Å². The number of nitrogens with zero attached hydrogens (tertiary/aromatic N) is 3. The summed E-state index contributed by atoms with van der Waals surface area (Å²) in [6.45, 7) is 6.06. The van der Waals surface area contributed by atoms with Crippen LogP contribution in [0.4, 0.5) is 5.95 Å². The smallest absolute Gasteiger partial charge is 0.254 e. The van der Waals surface area contributed by atoms with Crippen molar-refractivity contribution in [1.82, 2.24) is 20.8 Å². The van der Waals surface area contributed by atoms with Crippen LogP contribution in [0.3, 0.4) is 0 Å². The Kier molecular flexibility index (Phi) is 8.41. The molecule has 3 N–H and O–H groups in total. The number of carbonyl (C=O) groups excluding carboxylic acids is 2. The molecule has 1 aliphatic rings. The van der Waals surface area contributed by atoms with Gasteiger partial charge in [-0.3, -0.25) is 14.8 Å². The highest BCUT2D eigenvalue weighted by atomic mass is 16.5. The molecular formula is C18H29N5O4. The minimum atomic E-state index is -0.368. The summed E-state index contributed by atoms with van der Waals surface area (Å²) < 4.78 is 5.70. The van der Waals surface area contributed by atoms with Crippen molar-refractivity contribution in [2.24, 2.45) is 0 Å². The van der Waals surface area contributed by atoms with E-state index in [0.717, 1.165) is 32.4 Å². The summed E-state index contributed by atoms with van der Waals surface area (Å²) in [7, 11) is 0. The second-order valence-corrected chi connectivity index (χ2v) is 6.89.